The normalized spacial score (nSPS) is 15.8. The van der Waals surface area contributed by atoms with Crippen molar-refractivity contribution in [2.24, 2.45) is 0 Å². The predicted molar refractivity (Wildman–Crippen MR) is 114 cm³/mol. The summed E-state index contributed by atoms with van der Waals surface area (Å²) in [5.74, 6) is 1.39. The van der Waals surface area contributed by atoms with Gasteiger partial charge >= 0.3 is 0 Å². The standard InChI is InChI=1S/C22H27FN6O2/c1-30-16-15-29-22(24-25-26-29)21(17-7-3-6-10-20(17)31-2)28-13-11-27(12-14-28)19-9-5-4-8-18(19)23/h3-10,21H,11-16H2,1-2H3/p+1/t21-/m0/s1. The zero-order valence-electron chi connectivity index (χ0n) is 17.9. The fraction of sp³-hybridized carbons (Fsp3) is 0.409. The molecule has 0 spiro atoms. The third-order valence-corrected chi connectivity index (χ3v) is 5.78. The molecule has 1 N–H and O–H groups in total. The first-order chi connectivity index (χ1) is 15.2. The minimum absolute atomic E-state index is 0.106. The highest BCUT2D eigenvalue weighted by molar-refractivity contribution is 5.47. The van der Waals surface area contributed by atoms with Crippen LogP contribution >= 0.6 is 0 Å². The van der Waals surface area contributed by atoms with Crippen molar-refractivity contribution in [3.8, 4) is 5.75 Å². The quantitative estimate of drug-likeness (QED) is 0.578. The summed E-state index contributed by atoms with van der Waals surface area (Å²) in [7, 11) is 3.34. The van der Waals surface area contributed by atoms with Crippen LogP contribution in [0.25, 0.3) is 0 Å². The number of ether oxygens (including phenoxy) is 2. The van der Waals surface area contributed by atoms with E-state index >= 15 is 0 Å². The summed E-state index contributed by atoms with van der Waals surface area (Å²) in [5.41, 5.74) is 1.69. The molecule has 1 atom stereocenters. The van der Waals surface area contributed by atoms with Crippen LogP contribution in [0.1, 0.15) is 17.4 Å². The van der Waals surface area contributed by atoms with Crippen LogP contribution in [0.2, 0.25) is 0 Å². The van der Waals surface area contributed by atoms with Gasteiger partial charge in [0.1, 0.15) is 11.6 Å². The molecule has 1 fully saturated rings. The molecular weight excluding hydrogens is 399 g/mol. The fourth-order valence-corrected chi connectivity index (χ4v) is 4.23. The highest BCUT2D eigenvalue weighted by atomic mass is 19.1. The van der Waals surface area contributed by atoms with Crippen molar-refractivity contribution in [3.05, 3.63) is 65.7 Å². The molecule has 1 aliphatic rings. The number of benzene rings is 2. The molecule has 1 aliphatic heterocycles. The predicted octanol–water partition coefficient (Wildman–Crippen LogP) is 0.962. The lowest BCUT2D eigenvalue weighted by Crippen LogP contribution is -3.15. The van der Waals surface area contributed by atoms with Crippen LogP contribution in [0.4, 0.5) is 10.1 Å². The number of nitrogens with one attached hydrogen (secondary N) is 1. The van der Waals surface area contributed by atoms with E-state index in [4.69, 9.17) is 9.47 Å². The molecule has 0 unspecified atom stereocenters. The maximum Gasteiger partial charge on any atom is 0.214 e. The Bertz CT molecular complexity index is 989. The number of para-hydroxylation sites is 2. The number of nitrogens with zero attached hydrogens (tertiary/aromatic N) is 5. The van der Waals surface area contributed by atoms with Crippen molar-refractivity contribution in [1.82, 2.24) is 20.2 Å². The van der Waals surface area contributed by atoms with Gasteiger partial charge in [-0.25, -0.2) is 9.07 Å². The smallest absolute Gasteiger partial charge is 0.214 e. The van der Waals surface area contributed by atoms with Gasteiger partial charge in [0.15, 0.2) is 6.04 Å². The summed E-state index contributed by atoms with van der Waals surface area (Å²) in [6.45, 7) is 4.19. The summed E-state index contributed by atoms with van der Waals surface area (Å²) in [6, 6.07) is 14.8. The van der Waals surface area contributed by atoms with Gasteiger partial charge < -0.3 is 19.3 Å². The Hall–Kier alpha value is -3.04. The zero-order chi connectivity index (χ0) is 21.6. The van der Waals surface area contributed by atoms with E-state index in [-0.39, 0.29) is 11.9 Å². The fourth-order valence-electron chi connectivity index (χ4n) is 4.23. The monoisotopic (exact) mass is 427 g/mol. The van der Waals surface area contributed by atoms with E-state index in [0.717, 1.165) is 43.3 Å². The lowest BCUT2D eigenvalue weighted by Gasteiger charge is -2.37. The van der Waals surface area contributed by atoms with Gasteiger partial charge in [-0.3, -0.25) is 0 Å². The number of quaternary nitrogens is 1. The van der Waals surface area contributed by atoms with Gasteiger partial charge in [0.25, 0.3) is 0 Å². The summed E-state index contributed by atoms with van der Waals surface area (Å²) >= 11 is 0. The molecule has 2 aromatic carbocycles. The van der Waals surface area contributed by atoms with Crippen LogP contribution in [0.15, 0.2) is 48.5 Å². The van der Waals surface area contributed by atoms with Crippen molar-refractivity contribution in [3.63, 3.8) is 0 Å². The Morgan fingerprint density at radius 2 is 1.81 bits per heavy atom. The van der Waals surface area contributed by atoms with Gasteiger partial charge in [0.2, 0.25) is 5.82 Å². The molecule has 3 aromatic rings. The zero-order valence-corrected chi connectivity index (χ0v) is 17.9. The number of piperazine rings is 1. The van der Waals surface area contributed by atoms with Crippen LogP contribution in [-0.2, 0) is 11.3 Å². The summed E-state index contributed by atoms with van der Waals surface area (Å²) in [4.78, 5) is 3.41. The SMILES string of the molecule is COCCn1nnnc1[C@H](c1ccccc1OC)[NH+]1CCN(c2ccccc2F)CC1. The number of rotatable bonds is 8. The number of hydrogen-bond acceptors (Lipinski definition) is 6. The molecule has 2 heterocycles. The lowest BCUT2D eigenvalue weighted by molar-refractivity contribution is -0.927. The molecule has 4 rings (SSSR count). The summed E-state index contributed by atoms with van der Waals surface area (Å²) in [5, 5.41) is 12.5. The number of halogens is 1. The van der Waals surface area contributed by atoms with E-state index in [2.05, 4.69) is 26.5 Å². The molecule has 31 heavy (non-hydrogen) atoms. The third-order valence-electron chi connectivity index (χ3n) is 5.78. The Morgan fingerprint density at radius 1 is 1.06 bits per heavy atom. The average molecular weight is 428 g/mol. The Balaban J connectivity index is 1.63. The molecule has 8 nitrogen and oxygen atoms in total. The second-order valence-electron chi connectivity index (χ2n) is 7.52. The van der Waals surface area contributed by atoms with Gasteiger partial charge in [0.05, 0.1) is 57.7 Å². The maximum atomic E-state index is 14.3. The minimum Gasteiger partial charge on any atom is -0.496 e. The lowest BCUT2D eigenvalue weighted by atomic mass is 10.0. The van der Waals surface area contributed by atoms with E-state index in [1.165, 1.54) is 11.0 Å². The molecular formula is C22H28FN6O2+. The van der Waals surface area contributed by atoms with Gasteiger partial charge in [0, 0.05) is 7.11 Å². The first-order valence-electron chi connectivity index (χ1n) is 10.4. The topological polar surface area (TPSA) is 69.7 Å². The van der Waals surface area contributed by atoms with Crippen LogP contribution < -0.4 is 14.5 Å². The molecule has 1 saturated heterocycles. The summed E-state index contributed by atoms with van der Waals surface area (Å²) < 4.78 is 27.0. The van der Waals surface area contributed by atoms with E-state index in [9.17, 15) is 4.39 Å². The van der Waals surface area contributed by atoms with Gasteiger partial charge in [-0.2, -0.15) is 0 Å². The van der Waals surface area contributed by atoms with Crippen LogP contribution in [0.3, 0.4) is 0 Å². The highest BCUT2D eigenvalue weighted by Gasteiger charge is 2.36. The average Bonchev–Trinajstić information content (AvgIpc) is 3.27. The van der Waals surface area contributed by atoms with Gasteiger partial charge in [-0.15, -0.1) is 5.10 Å². The van der Waals surface area contributed by atoms with Crippen molar-refractivity contribution in [2.45, 2.75) is 12.6 Å². The number of hydrogen-bond donors (Lipinski definition) is 1. The van der Waals surface area contributed by atoms with E-state index in [1.807, 2.05) is 30.3 Å². The van der Waals surface area contributed by atoms with Crippen molar-refractivity contribution in [2.75, 3.05) is 51.9 Å². The molecule has 0 saturated carbocycles. The second kappa shape index (κ2) is 9.84. The summed E-state index contributed by atoms with van der Waals surface area (Å²) in [6.07, 6.45) is 0. The minimum atomic E-state index is -0.185. The van der Waals surface area contributed by atoms with Crippen molar-refractivity contribution in [1.29, 1.82) is 0 Å². The Morgan fingerprint density at radius 3 is 2.55 bits per heavy atom. The highest BCUT2D eigenvalue weighted by Crippen LogP contribution is 2.27. The molecule has 0 aliphatic carbocycles. The van der Waals surface area contributed by atoms with Gasteiger partial charge in [-0.1, -0.05) is 24.3 Å². The van der Waals surface area contributed by atoms with Crippen molar-refractivity contribution < 1.29 is 18.8 Å². The molecule has 1 aromatic heterocycles. The van der Waals surface area contributed by atoms with E-state index in [1.54, 1.807) is 25.0 Å². The van der Waals surface area contributed by atoms with E-state index in [0.29, 0.717) is 18.8 Å². The van der Waals surface area contributed by atoms with Gasteiger partial charge in [-0.05, 0) is 34.7 Å². The second-order valence-corrected chi connectivity index (χ2v) is 7.52. The molecule has 0 radical (unpaired) electrons. The Labute approximate surface area is 181 Å². The molecule has 0 bridgehead atoms. The first-order valence-corrected chi connectivity index (χ1v) is 10.4. The molecule has 164 valence electrons. The van der Waals surface area contributed by atoms with Crippen LogP contribution in [0, 0.1) is 5.82 Å². The molecule has 9 heteroatoms. The van der Waals surface area contributed by atoms with Crippen LogP contribution in [0.5, 0.6) is 5.75 Å². The number of aromatic nitrogens is 4. The number of tetrazole rings is 1. The first kappa shape index (κ1) is 21.2. The number of anilines is 1. The largest absolute Gasteiger partial charge is 0.496 e. The van der Waals surface area contributed by atoms with Crippen molar-refractivity contribution >= 4 is 5.69 Å². The number of methoxy groups -OCH3 is 2. The van der Waals surface area contributed by atoms with Crippen LogP contribution in [-0.4, -0.2) is 67.2 Å². The Kier molecular flexibility index (Phi) is 6.73. The maximum absolute atomic E-state index is 14.3. The third kappa shape index (κ3) is 4.52. The van der Waals surface area contributed by atoms with E-state index < -0.39 is 0 Å². The molecule has 0 amide bonds.